The molecule has 1 fully saturated rings. The van der Waals surface area contributed by atoms with Crippen molar-refractivity contribution in [2.45, 2.75) is 18.9 Å². The lowest BCUT2D eigenvalue weighted by Crippen LogP contribution is -2.48. The molecule has 1 aliphatic rings. The van der Waals surface area contributed by atoms with Gasteiger partial charge in [0.1, 0.15) is 0 Å². The number of aromatic carboxylic acids is 1. The van der Waals surface area contributed by atoms with E-state index in [0.717, 1.165) is 4.67 Å². The maximum absolute atomic E-state index is 12.5. The van der Waals surface area contributed by atoms with E-state index < -0.39 is 25.5 Å². The zero-order valence-electron chi connectivity index (χ0n) is 11.2. The van der Waals surface area contributed by atoms with Gasteiger partial charge in [0.05, 0.1) is 11.6 Å². The second-order valence-electron chi connectivity index (χ2n) is 4.83. The van der Waals surface area contributed by atoms with Crippen molar-refractivity contribution in [3.63, 3.8) is 0 Å². The largest absolute Gasteiger partial charge is 0.478 e. The molecule has 2 atom stereocenters. The molecule has 114 valence electrons. The first-order valence-corrected chi connectivity index (χ1v) is 8.12. The summed E-state index contributed by atoms with van der Waals surface area (Å²) < 4.78 is 13.6. The van der Waals surface area contributed by atoms with Crippen LogP contribution >= 0.6 is 7.59 Å². The molecular formula is C12H17N4O4P. The van der Waals surface area contributed by atoms with Crippen LogP contribution in [0, 0.1) is 0 Å². The second-order valence-corrected chi connectivity index (χ2v) is 6.78. The zero-order chi connectivity index (χ0) is 15.6. The van der Waals surface area contributed by atoms with Crippen molar-refractivity contribution in [3.05, 3.63) is 29.8 Å². The zero-order valence-corrected chi connectivity index (χ0v) is 12.1. The molecule has 1 aromatic carbocycles. The monoisotopic (exact) mass is 312 g/mol. The van der Waals surface area contributed by atoms with Crippen LogP contribution < -0.4 is 16.3 Å². The van der Waals surface area contributed by atoms with Gasteiger partial charge in [-0.25, -0.2) is 10.3 Å². The molecule has 21 heavy (non-hydrogen) atoms. The van der Waals surface area contributed by atoms with Gasteiger partial charge in [0.25, 0.3) is 0 Å². The minimum Gasteiger partial charge on any atom is -0.478 e. The topological polar surface area (TPSA) is 139 Å². The Labute approximate surface area is 121 Å². The molecule has 8 nitrogen and oxygen atoms in total. The third-order valence-corrected chi connectivity index (χ3v) is 4.93. The molecule has 2 rings (SSSR count). The average Bonchev–Trinajstić information content (AvgIpc) is 2.41. The van der Waals surface area contributed by atoms with Crippen molar-refractivity contribution in [2.24, 2.45) is 11.2 Å². The molecule has 1 saturated heterocycles. The molecule has 9 heteroatoms. The van der Waals surface area contributed by atoms with E-state index in [-0.39, 0.29) is 12.1 Å². The maximum atomic E-state index is 12.5. The number of nitrogens with one attached hydrogen (secondary N) is 1. The predicted octanol–water partition coefficient (Wildman–Crippen LogP) is 0.813. The van der Waals surface area contributed by atoms with Gasteiger partial charge in [-0.15, -0.1) is 0 Å². The molecule has 0 aromatic heterocycles. The van der Waals surface area contributed by atoms with Crippen LogP contribution in [0.15, 0.2) is 24.3 Å². The average molecular weight is 312 g/mol. The number of hydrogen-bond donors (Lipinski definition) is 4. The number of carbonyl (C=O) groups excluding carboxylic acids is 1. The van der Waals surface area contributed by atoms with Crippen LogP contribution in [-0.2, 0) is 9.36 Å². The number of amides is 1. The van der Waals surface area contributed by atoms with Crippen molar-refractivity contribution >= 4 is 25.2 Å². The van der Waals surface area contributed by atoms with E-state index in [1.807, 2.05) is 0 Å². The lowest BCUT2D eigenvalue weighted by atomic mass is 10.1. The Bertz CT molecular complexity index is 604. The summed E-state index contributed by atoms with van der Waals surface area (Å²) in [4.78, 5) is 22.7. The minimum atomic E-state index is -3.62. The van der Waals surface area contributed by atoms with E-state index in [0.29, 0.717) is 18.5 Å². The summed E-state index contributed by atoms with van der Waals surface area (Å²) in [5, 5.41) is 11.4. The quantitative estimate of drug-likeness (QED) is 0.603. The molecule has 1 aliphatic heterocycles. The number of anilines is 1. The lowest BCUT2D eigenvalue weighted by molar-refractivity contribution is -0.129. The van der Waals surface area contributed by atoms with Crippen LogP contribution in [0.4, 0.5) is 5.69 Å². The van der Waals surface area contributed by atoms with E-state index >= 15 is 0 Å². The molecule has 1 unspecified atom stereocenters. The second kappa shape index (κ2) is 5.85. The smallest absolute Gasteiger partial charge is 0.335 e. The Morgan fingerprint density at radius 2 is 2.00 bits per heavy atom. The molecule has 0 saturated carbocycles. The molecule has 0 radical (unpaired) electrons. The fourth-order valence-corrected chi connectivity index (χ4v) is 3.63. The summed E-state index contributed by atoms with van der Waals surface area (Å²) in [6.07, 6.45) is 1.18. The predicted molar refractivity (Wildman–Crippen MR) is 77.7 cm³/mol. The Morgan fingerprint density at radius 3 is 2.57 bits per heavy atom. The molecule has 6 N–H and O–H groups in total. The molecule has 0 aliphatic carbocycles. The third kappa shape index (κ3) is 3.41. The van der Waals surface area contributed by atoms with E-state index in [1.54, 1.807) is 0 Å². The van der Waals surface area contributed by atoms with Gasteiger partial charge >= 0.3 is 13.6 Å². The standard InChI is InChI=1S/C12H17N4O4P/c13-10-2-1-7-16(11(10)17)21(14,20)15-9-5-3-8(4-6-9)12(18)19/h3-6,10H,1-2,7,13H2,(H,18,19)(H3,14,15,20)/t10-,21?/m0/s1. The van der Waals surface area contributed by atoms with Crippen LogP contribution in [0.3, 0.4) is 0 Å². The first-order chi connectivity index (χ1) is 9.81. The Balaban J connectivity index is 2.15. The maximum Gasteiger partial charge on any atom is 0.335 e. The number of carbonyl (C=O) groups is 2. The molecule has 0 bridgehead atoms. The van der Waals surface area contributed by atoms with Crippen LogP contribution in [0.5, 0.6) is 0 Å². The van der Waals surface area contributed by atoms with Gasteiger partial charge in [-0.2, -0.15) is 0 Å². The van der Waals surface area contributed by atoms with Crippen LogP contribution in [-0.4, -0.2) is 34.2 Å². The normalized spacial score (nSPS) is 21.7. The number of carboxylic acid groups (broad SMARTS) is 1. The van der Waals surface area contributed by atoms with Gasteiger partial charge in [-0.05, 0) is 37.1 Å². The number of nitrogens with two attached hydrogens (primary N) is 2. The van der Waals surface area contributed by atoms with Crippen molar-refractivity contribution in [3.8, 4) is 0 Å². The first-order valence-electron chi connectivity index (χ1n) is 6.39. The summed E-state index contributed by atoms with van der Waals surface area (Å²) in [6.45, 7) is 0.278. The number of rotatable bonds is 4. The van der Waals surface area contributed by atoms with Gasteiger partial charge in [-0.3, -0.25) is 14.0 Å². The highest BCUT2D eigenvalue weighted by atomic mass is 31.2. The Hall–Kier alpha value is -1.89. The number of piperidine rings is 1. The van der Waals surface area contributed by atoms with E-state index in [9.17, 15) is 14.2 Å². The molecule has 1 heterocycles. The highest BCUT2D eigenvalue weighted by molar-refractivity contribution is 7.61. The fraction of sp³-hybridized carbons (Fsp3) is 0.333. The lowest BCUT2D eigenvalue weighted by Gasteiger charge is -2.34. The minimum absolute atomic E-state index is 0.100. The highest BCUT2D eigenvalue weighted by Gasteiger charge is 2.36. The van der Waals surface area contributed by atoms with E-state index in [2.05, 4.69) is 5.09 Å². The molecule has 0 spiro atoms. The third-order valence-electron chi connectivity index (χ3n) is 3.24. The van der Waals surface area contributed by atoms with Crippen LogP contribution in [0.2, 0.25) is 0 Å². The highest BCUT2D eigenvalue weighted by Crippen LogP contribution is 2.43. The number of nitrogens with zero attached hydrogens (tertiary/aromatic N) is 1. The van der Waals surface area contributed by atoms with Crippen molar-refractivity contribution in [2.75, 3.05) is 11.6 Å². The van der Waals surface area contributed by atoms with E-state index in [4.69, 9.17) is 16.3 Å². The summed E-state index contributed by atoms with van der Waals surface area (Å²) >= 11 is 0. The Morgan fingerprint density at radius 1 is 1.38 bits per heavy atom. The number of benzene rings is 1. The fourth-order valence-electron chi connectivity index (χ4n) is 2.11. The van der Waals surface area contributed by atoms with Gasteiger partial charge < -0.3 is 15.9 Å². The summed E-state index contributed by atoms with van der Waals surface area (Å²) in [5.41, 5.74) is 11.9. The van der Waals surface area contributed by atoms with Crippen LogP contribution in [0.25, 0.3) is 0 Å². The molecular weight excluding hydrogens is 295 g/mol. The number of hydrogen-bond acceptors (Lipinski definition) is 4. The van der Waals surface area contributed by atoms with E-state index in [1.165, 1.54) is 24.3 Å². The van der Waals surface area contributed by atoms with Gasteiger partial charge in [0, 0.05) is 12.2 Å². The van der Waals surface area contributed by atoms with Gasteiger partial charge in [0.15, 0.2) is 0 Å². The van der Waals surface area contributed by atoms with Crippen LogP contribution in [0.1, 0.15) is 23.2 Å². The summed E-state index contributed by atoms with van der Waals surface area (Å²) in [6, 6.07) is 4.91. The van der Waals surface area contributed by atoms with Crippen molar-refractivity contribution < 1.29 is 19.3 Å². The molecule has 1 amide bonds. The first kappa shape index (κ1) is 15.5. The Kier molecular flexibility index (Phi) is 4.32. The van der Waals surface area contributed by atoms with Gasteiger partial charge in [0.2, 0.25) is 5.91 Å². The summed E-state index contributed by atoms with van der Waals surface area (Å²) in [7, 11) is -3.62. The molecule has 1 aromatic rings. The van der Waals surface area contributed by atoms with Crippen molar-refractivity contribution in [1.29, 1.82) is 0 Å². The SMILES string of the molecule is N[C@H]1CCCN(P(N)(=O)Nc2ccc(C(=O)O)cc2)C1=O. The van der Waals surface area contributed by atoms with Gasteiger partial charge in [-0.1, -0.05) is 0 Å². The number of carboxylic acids is 1. The summed E-state index contributed by atoms with van der Waals surface area (Å²) in [5.74, 6) is -1.50. The van der Waals surface area contributed by atoms with Crippen molar-refractivity contribution in [1.82, 2.24) is 4.67 Å².